The average Bonchev–Trinajstić information content (AvgIpc) is 2.46. The van der Waals surface area contributed by atoms with Crippen LogP contribution < -0.4 is 5.32 Å². The van der Waals surface area contributed by atoms with Gasteiger partial charge in [-0.1, -0.05) is 20.8 Å². The number of hydrogen-bond donors (Lipinski definition) is 1. The van der Waals surface area contributed by atoms with Crippen molar-refractivity contribution in [3.05, 3.63) is 16.1 Å². The van der Waals surface area contributed by atoms with Gasteiger partial charge in [-0.15, -0.1) is 11.3 Å². The van der Waals surface area contributed by atoms with E-state index in [1.807, 2.05) is 24.6 Å². The largest absolute Gasteiger partial charge is 0.319 e. The molecule has 1 aromatic rings. The molecule has 0 amide bonds. The Morgan fingerprint density at radius 2 is 2.14 bits per heavy atom. The average molecular weight is 212 g/mol. The van der Waals surface area contributed by atoms with Gasteiger partial charge in [-0.25, -0.2) is 4.98 Å². The third-order valence-corrected chi connectivity index (χ3v) is 2.96. The van der Waals surface area contributed by atoms with Gasteiger partial charge in [0.05, 0.1) is 5.01 Å². The smallest absolute Gasteiger partial charge is 0.0932 e. The molecule has 0 atom stereocenters. The van der Waals surface area contributed by atoms with Crippen LogP contribution in [0.2, 0.25) is 0 Å². The fraction of sp³-hybridized carbons (Fsp3) is 0.727. The summed E-state index contributed by atoms with van der Waals surface area (Å²) in [5, 5.41) is 4.42. The first-order valence-electron chi connectivity index (χ1n) is 5.09. The van der Waals surface area contributed by atoms with Crippen LogP contribution in [0.5, 0.6) is 0 Å². The topological polar surface area (TPSA) is 24.9 Å². The number of hydrogen-bond acceptors (Lipinski definition) is 3. The minimum absolute atomic E-state index is 0.345. The van der Waals surface area contributed by atoms with Gasteiger partial charge in [0, 0.05) is 17.5 Å². The fourth-order valence-electron chi connectivity index (χ4n) is 1.25. The first-order valence-corrected chi connectivity index (χ1v) is 5.91. The lowest BCUT2D eigenvalue weighted by molar-refractivity contribution is 0.410. The molecule has 2 nitrogen and oxygen atoms in total. The van der Waals surface area contributed by atoms with Gasteiger partial charge >= 0.3 is 0 Å². The lowest BCUT2D eigenvalue weighted by atomic mass is 9.93. The van der Waals surface area contributed by atoms with E-state index in [0.717, 1.165) is 19.4 Å². The molecule has 0 saturated heterocycles. The zero-order valence-corrected chi connectivity index (χ0v) is 10.4. The molecule has 0 aliphatic carbocycles. The summed E-state index contributed by atoms with van der Waals surface area (Å²) >= 11 is 1.85. The van der Waals surface area contributed by atoms with Gasteiger partial charge in [0.15, 0.2) is 0 Å². The van der Waals surface area contributed by atoms with Gasteiger partial charge in [-0.3, -0.25) is 0 Å². The number of nitrogens with one attached hydrogen (secondary N) is 1. The first kappa shape index (κ1) is 11.7. The summed E-state index contributed by atoms with van der Waals surface area (Å²) in [6.07, 6.45) is 4.19. The number of rotatable bonds is 4. The Labute approximate surface area is 90.8 Å². The molecule has 0 spiro atoms. The summed E-state index contributed by atoms with van der Waals surface area (Å²) in [7, 11) is 1.98. The van der Waals surface area contributed by atoms with Crippen LogP contribution in [0.25, 0.3) is 0 Å². The molecule has 1 heterocycles. The minimum Gasteiger partial charge on any atom is -0.319 e. The highest BCUT2D eigenvalue weighted by Crippen LogP contribution is 2.23. The maximum atomic E-state index is 4.45. The molecular formula is C11H20N2S. The summed E-state index contributed by atoms with van der Waals surface area (Å²) in [5.41, 5.74) is 0.345. The number of thiazole rings is 1. The Hall–Kier alpha value is -0.410. The molecule has 0 unspecified atom stereocenters. The Morgan fingerprint density at radius 3 is 2.71 bits per heavy atom. The zero-order chi connectivity index (χ0) is 10.6. The third-order valence-electron chi connectivity index (χ3n) is 1.90. The molecular weight excluding hydrogens is 192 g/mol. The second kappa shape index (κ2) is 4.89. The summed E-state index contributed by atoms with van der Waals surface area (Å²) in [6.45, 7) is 7.79. The van der Waals surface area contributed by atoms with E-state index in [2.05, 4.69) is 31.1 Å². The van der Waals surface area contributed by atoms with Crippen LogP contribution in [-0.4, -0.2) is 18.6 Å². The Kier molecular flexibility index (Phi) is 4.08. The highest BCUT2D eigenvalue weighted by Gasteiger charge is 2.13. The van der Waals surface area contributed by atoms with Crippen molar-refractivity contribution in [3.63, 3.8) is 0 Å². The summed E-state index contributed by atoms with van der Waals surface area (Å²) in [5.74, 6) is 0. The standard InChI is InChI=1S/C11H20N2S/c1-11(2,3)7-10-13-8-9(14-10)5-6-12-4/h8,12H,5-7H2,1-4H3. The summed E-state index contributed by atoms with van der Waals surface area (Å²) in [6, 6.07) is 0. The number of aromatic nitrogens is 1. The van der Waals surface area contributed by atoms with Crippen molar-refractivity contribution < 1.29 is 0 Å². The SMILES string of the molecule is CNCCc1cnc(CC(C)(C)C)s1. The predicted octanol–water partition coefficient (Wildman–Crippen LogP) is 2.49. The lowest BCUT2D eigenvalue weighted by Gasteiger charge is -2.15. The van der Waals surface area contributed by atoms with Gasteiger partial charge in [0.2, 0.25) is 0 Å². The van der Waals surface area contributed by atoms with Crippen molar-refractivity contribution in [3.8, 4) is 0 Å². The van der Waals surface area contributed by atoms with Gasteiger partial charge in [0.1, 0.15) is 0 Å². The van der Waals surface area contributed by atoms with Gasteiger partial charge < -0.3 is 5.32 Å². The zero-order valence-electron chi connectivity index (χ0n) is 9.55. The molecule has 14 heavy (non-hydrogen) atoms. The number of likely N-dealkylation sites (N-methyl/N-ethyl adjacent to an activating group) is 1. The van der Waals surface area contributed by atoms with Crippen LogP contribution in [-0.2, 0) is 12.8 Å². The van der Waals surface area contributed by atoms with Crippen LogP contribution in [0.15, 0.2) is 6.20 Å². The lowest BCUT2D eigenvalue weighted by Crippen LogP contribution is -2.09. The minimum atomic E-state index is 0.345. The summed E-state index contributed by atoms with van der Waals surface area (Å²) in [4.78, 5) is 5.83. The van der Waals surface area contributed by atoms with Crippen LogP contribution >= 0.6 is 11.3 Å². The van der Waals surface area contributed by atoms with E-state index < -0.39 is 0 Å². The molecule has 0 radical (unpaired) electrons. The highest BCUT2D eigenvalue weighted by molar-refractivity contribution is 7.11. The van der Waals surface area contributed by atoms with Crippen molar-refractivity contribution in [2.75, 3.05) is 13.6 Å². The molecule has 3 heteroatoms. The molecule has 1 N–H and O–H groups in total. The molecule has 0 saturated carbocycles. The van der Waals surface area contributed by atoms with Crippen molar-refractivity contribution >= 4 is 11.3 Å². The summed E-state index contributed by atoms with van der Waals surface area (Å²) < 4.78 is 0. The van der Waals surface area contributed by atoms with Crippen LogP contribution in [0.3, 0.4) is 0 Å². The van der Waals surface area contributed by atoms with Crippen molar-refractivity contribution in [2.45, 2.75) is 33.6 Å². The third kappa shape index (κ3) is 4.20. The Morgan fingerprint density at radius 1 is 1.43 bits per heavy atom. The normalized spacial score (nSPS) is 12.0. The fourth-order valence-corrected chi connectivity index (χ4v) is 2.47. The van der Waals surface area contributed by atoms with Crippen molar-refractivity contribution in [1.29, 1.82) is 0 Å². The van der Waals surface area contributed by atoms with Crippen molar-refractivity contribution in [1.82, 2.24) is 10.3 Å². The van der Waals surface area contributed by atoms with Crippen molar-refractivity contribution in [2.24, 2.45) is 5.41 Å². The highest BCUT2D eigenvalue weighted by atomic mass is 32.1. The second-order valence-electron chi connectivity index (χ2n) is 4.81. The molecule has 0 aromatic carbocycles. The van der Waals surface area contributed by atoms with E-state index in [9.17, 15) is 0 Å². The van der Waals surface area contributed by atoms with Crippen LogP contribution in [0.4, 0.5) is 0 Å². The molecule has 0 bridgehead atoms. The first-order chi connectivity index (χ1) is 6.51. The Balaban J connectivity index is 2.51. The van der Waals surface area contributed by atoms with E-state index in [4.69, 9.17) is 0 Å². The number of nitrogens with zero attached hydrogens (tertiary/aromatic N) is 1. The van der Waals surface area contributed by atoms with E-state index in [-0.39, 0.29) is 0 Å². The monoisotopic (exact) mass is 212 g/mol. The second-order valence-corrected chi connectivity index (χ2v) is 6.01. The van der Waals surface area contributed by atoms with Gasteiger partial charge in [-0.05, 0) is 25.4 Å². The van der Waals surface area contributed by atoms with Crippen LogP contribution in [0.1, 0.15) is 30.7 Å². The predicted molar refractivity (Wildman–Crippen MR) is 62.9 cm³/mol. The van der Waals surface area contributed by atoms with E-state index in [1.165, 1.54) is 9.88 Å². The van der Waals surface area contributed by atoms with Gasteiger partial charge in [0.25, 0.3) is 0 Å². The molecule has 80 valence electrons. The Bertz CT molecular complexity index is 273. The van der Waals surface area contributed by atoms with E-state index in [0.29, 0.717) is 5.41 Å². The molecule has 0 aliphatic heterocycles. The van der Waals surface area contributed by atoms with E-state index in [1.54, 1.807) is 0 Å². The molecule has 0 aliphatic rings. The van der Waals surface area contributed by atoms with Gasteiger partial charge in [-0.2, -0.15) is 0 Å². The molecule has 1 rings (SSSR count). The van der Waals surface area contributed by atoms with E-state index >= 15 is 0 Å². The molecule has 1 aromatic heterocycles. The maximum Gasteiger partial charge on any atom is 0.0932 e. The quantitative estimate of drug-likeness (QED) is 0.829. The van der Waals surface area contributed by atoms with Crippen LogP contribution in [0, 0.1) is 5.41 Å². The maximum absolute atomic E-state index is 4.45. The molecule has 0 fully saturated rings.